The second-order valence-electron chi connectivity index (χ2n) is 4.76. The van der Waals surface area contributed by atoms with Crippen LogP contribution in [-0.2, 0) is 18.4 Å². The number of aromatic nitrogens is 3. The summed E-state index contributed by atoms with van der Waals surface area (Å²) in [5, 5.41) is 4.02. The van der Waals surface area contributed by atoms with E-state index >= 15 is 0 Å². The first-order valence-corrected chi connectivity index (χ1v) is 6.09. The Bertz CT molecular complexity index is 583. The van der Waals surface area contributed by atoms with Crippen LogP contribution in [0, 0.1) is 0 Å². The number of carbonyl (C=O) groups excluding carboxylic acids is 1. The molecule has 0 bridgehead atoms. The summed E-state index contributed by atoms with van der Waals surface area (Å²) in [7, 11) is 1.82. The van der Waals surface area contributed by atoms with Gasteiger partial charge in [-0.05, 0) is 19.9 Å². The van der Waals surface area contributed by atoms with Crippen molar-refractivity contribution in [2.24, 2.45) is 7.05 Å². The number of carbonyl (C=O) groups is 1. The summed E-state index contributed by atoms with van der Waals surface area (Å²) in [6.45, 7) is 4.17. The second kappa shape index (κ2) is 5.17. The lowest BCUT2D eigenvalue weighted by Gasteiger charge is -2.11. The van der Waals surface area contributed by atoms with Gasteiger partial charge in [0.1, 0.15) is 12.3 Å². The van der Waals surface area contributed by atoms with E-state index in [4.69, 9.17) is 10.5 Å². The number of hydrogen-bond donors (Lipinski definition) is 1. The number of ether oxygens (including phenoxy) is 1. The van der Waals surface area contributed by atoms with Crippen molar-refractivity contribution in [2.75, 3.05) is 5.73 Å². The molecule has 0 aliphatic heterocycles. The lowest BCUT2D eigenvalue weighted by Crippen LogP contribution is -2.13. The van der Waals surface area contributed by atoms with Gasteiger partial charge < -0.3 is 15.0 Å². The van der Waals surface area contributed by atoms with E-state index in [1.165, 1.54) is 0 Å². The Balaban J connectivity index is 2.07. The molecule has 0 aliphatic carbocycles. The second-order valence-corrected chi connectivity index (χ2v) is 4.76. The molecule has 0 aromatic carbocycles. The maximum absolute atomic E-state index is 12.0. The van der Waals surface area contributed by atoms with E-state index in [-0.39, 0.29) is 18.6 Å². The van der Waals surface area contributed by atoms with Crippen LogP contribution < -0.4 is 5.73 Å². The first kappa shape index (κ1) is 13.2. The SMILES string of the molecule is CC(C)n1cc(N)cc1C(=O)OCc1cnn(C)c1. The minimum Gasteiger partial charge on any atom is -0.456 e. The molecule has 2 N–H and O–H groups in total. The van der Waals surface area contributed by atoms with E-state index in [1.54, 1.807) is 27.7 Å². The Morgan fingerprint density at radius 3 is 2.79 bits per heavy atom. The first-order valence-electron chi connectivity index (χ1n) is 6.09. The van der Waals surface area contributed by atoms with Crippen molar-refractivity contribution in [3.05, 3.63) is 35.9 Å². The summed E-state index contributed by atoms with van der Waals surface area (Å²) in [6.07, 6.45) is 5.22. The monoisotopic (exact) mass is 262 g/mol. The van der Waals surface area contributed by atoms with Crippen molar-refractivity contribution in [3.63, 3.8) is 0 Å². The molecule has 0 spiro atoms. The minimum absolute atomic E-state index is 0.151. The van der Waals surface area contributed by atoms with Gasteiger partial charge in [0.05, 0.1) is 11.9 Å². The average Bonchev–Trinajstić information content (AvgIpc) is 2.92. The molecule has 6 nitrogen and oxygen atoms in total. The molecule has 0 amide bonds. The zero-order valence-corrected chi connectivity index (χ0v) is 11.3. The van der Waals surface area contributed by atoms with E-state index in [0.717, 1.165) is 5.56 Å². The number of nitrogen functional groups attached to an aromatic ring is 1. The van der Waals surface area contributed by atoms with Crippen LogP contribution in [0.15, 0.2) is 24.7 Å². The van der Waals surface area contributed by atoms with Gasteiger partial charge in [-0.1, -0.05) is 0 Å². The van der Waals surface area contributed by atoms with Crippen LogP contribution in [-0.4, -0.2) is 20.3 Å². The molecule has 2 aromatic heterocycles. The Hall–Kier alpha value is -2.24. The minimum atomic E-state index is -0.380. The predicted molar refractivity (Wildman–Crippen MR) is 71.6 cm³/mol. The molecule has 0 fully saturated rings. The molecular formula is C13H18N4O2. The fraction of sp³-hybridized carbons (Fsp3) is 0.385. The standard InChI is InChI=1S/C13H18N4O2/c1-9(2)17-7-11(14)4-12(17)13(18)19-8-10-5-15-16(3)6-10/h4-7,9H,8,14H2,1-3H3. The molecule has 0 aliphatic rings. The normalized spacial score (nSPS) is 10.9. The van der Waals surface area contributed by atoms with E-state index in [0.29, 0.717) is 11.4 Å². The number of aryl methyl sites for hydroxylation is 1. The summed E-state index contributed by atoms with van der Waals surface area (Å²) in [5.41, 5.74) is 7.60. The van der Waals surface area contributed by atoms with Crippen molar-refractivity contribution < 1.29 is 9.53 Å². The number of esters is 1. The summed E-state index contributed by atoms with van der Waals surface area (Å²) < 4.78 is 8.73. The van der Waals surface area contributed by atoms with Crippen molar-refractivity contribution in [1.29, 1.82) is 0 Å². The van der Waals surface area contributed by atoms with Crippen LogP contribution in [0.25, 0.3) is 0 Å². The molecule has 0 saturated heterocycles. The zero-order valence-electron chi connectivity index (χ0n) is 11.3. The Labute approximate surface area is 111 Å². The maximum Gasteiger partial charge on any atom is 0.355 e. The van der Waals surface area contributed by atoms with Gasteiger partial charge in [0, 0.05) is 31.0 Å². The number of anilines is 1. The van der Waals surface area contributed by atoms with Crippen LogP contribution in [0.5, 0.6) is 0 Å². The molecule has 19 heavy (non-hydrogen) atoms. The highest BCUT2D eigenvalue weighted by molar-refractivity contribution is 5.89. The fourth-order valence-corrected chi connectivity index (χ4v) is 1.86. The first-order chi connectivity index (χ1) is 8.97. The molecule has 2 aromatic rings. The van der Waals surface area contributed by atoms with E-state index in [9.17, 15) is 4.79 Å². The van der Waals surface area contributed by atoms with E-state index in [2.05, 4.69) is 5.10 Å². The molecule has 0 atom stereocenters. The number of nitrogens with two attached hydrogens (primary N) is 1. The van der Waals surface area contributed by atoms with Crippen molar-refractivity contribution in [1.82, 2.24) is 14.3 Å². The summed E-state index contributed by atoms with van der Waals surface area (Å²) in [6, 6.07) is 1.78. The molecule has 6 heteroatoms. The highest BCUT2D eigenvalue weighted by atomic mass is 16.5. The molecular weight excluding hydrogens is 244 g/mol. The van der Waals surface area contributed by atoms with E-state index in [1.807, 2.05) is 27.1 Å². The van der Waals surface area contributed by atoms with Gasteiger partial charge in [0.25, 0.3) is 0 Å². The van der Waals surface area contributed by atoms with Gasteiger partial charge in [-0.25, -0.2) is 4.79 Å². The van der Waals surface area contributed by atoms with Gasteiger partial charge in [0.2, 0.25) is 0 Å². The third-order valence-electron chi connectivity index (χ3n) is 2.76. The zero-order chi connectivity index (χ0) is 14.0. The molecule has 2 heterocycles. The van der Waals surface area contributed by atoms with Crippen molar-refractivity contribution >= 4 is 11.7 Å². The van der Waals surface area contributed by atoms with Gasteiger partial charge in [0.15, 0.2) is 0 Å². The molecule has 2 rings (SSSR count). The highest BCUT2D eigenvalue weighted by Crippen LogP contribution is 2.17. The van der Waals surface area contributed by atoms with Crippen molar-refractivity contribution in [3.8, 4) is 0 Å². The van der Waals surface area contributed by atoms with Crippen LogP contribution in [0.3, 0.4) is 0 Å². The number of nitrogens with zero attached hydrogens (tertiary/aromatic N) is 3. The quantitative estimate of drug-likeness (QED) is 0.852. The highest BCUT2D eigenvalue weighted by Gasteiger charge is 2.16. The third-order valence-corrected chi connectivity index (χ3v) is 2.76. The Morgan fingerprint density at radius 1 is 1.47 bits per heavy atom. The number of hydrogen-bond acceptors (Lipinski definition) is 4. The largest absolute Gasteiger partial charge is 0.456 e. The Morgan fingerprint density at radius 2 is 2.21 bits per heavy atom. The van der Waals surface area contributed by atoms with Crippen LogP contribution in [0.4, 0.5) is 5.69 Å². The third kappa shape index (κ3) is 2.96. The Kier molecular flexibility index (Phi) is 3.59. The van der Waals surface area contributed by atoms with Crippen molar-refractivity contribution in [2.45, 2.75) is 26.5 Å². The van der Waals surface area contributed by atoms with E-state index < -0.39 is 0 Å². The van der Waals surface area contributed by atoms with Crippen LogP contribution in [0.1, 0.15) is 35.9 Å². The molecule has 0 saturated carbocycles. The van der Waals surface area contributed by atoms with Gasteiger partial charge >= 0.3 is 5.97 Å². The smallest absolute Gasteiger partial charge is 0.355 e. The molecule has 102 valence electrons. The lowest BCUT2D eigenvalue weighted by molar-refractivity contribution is 0.0458. The molecule has 0 radical (unpaired) electrons. The van der Waals surface area contributed by atoms with Gasteiger partial charge in [-0.3, -0.25) is 4.68 Å². The van der Waals surface area contributed by atoms with Crippen LogP contribution >= 0.6 is 0 Å². The summed E-state index contributed by atoms with van der Waals surface area (Å²) >= 11 is 0. The van der Waals surface area contributed by atoms with Gasteiger partial charge in [-0.15, -0.1) is 0 Å². The topological polar surface area (TPSA) is 75.1 Å². The number of rotatable bonds is 4. The average molecular weight is 262 g/mol. The van der Waals surface area contributed by atoms with Gasteiger partial charge in [-0.2, -0.15) is 5.10 Å². The maximum atomic E-state index is 12.0. The van der Waals surface area contributed by atoms with Crippen LogP contribution in [0.2, 0.25) is 0 Å². The predicted octanol–water partition coefficient (Wildman–Crippen LogP) is 1.74. The summed E-state index contributed by atoms with van der Waals surface area (Å²) in [4.78, 5) is 12.0. The summed E-state index contributed by atoms with van der Waals surface area (Å²) in [5.74, 6) is -0.380. The fourth-order valence-electron chi connectivity index (χ4n) is 1.86. The lowest BCUT2D eigenvalue weighted by atomic mass is 10.3. The molecule has 0 unspecified atom stereocenters.